The largest absolute Gasteiger partial charge is 0.481 e. The quantitative estimate of drug-likeness (QED) is 0.890. The number of carboxylic acid groups (broad SMARTS) is 1. The molecule has 0 amide bonds. The van der Waals surface area contributed by atoms with Gasteiger partial charge in [-0.25, -0.2) is 0 Å². The van der Waals surface area contributed by atoms with E-state index in [1.54, 1.807) is 0 Å². The number of halogens is 1. The number of aliphatic carboxylic acids is 1. The third-order valence-corrected chi connectivity index (χ3v) is 3.89. The van der Waals surface area contributed by atoms with Crippen LogP contribution in [0.4, 0.5) is 0 Å². The van der Waals surface area contributed by atoms with Crippen LogP contribution >= 0.6 is 11.6 Å². The summed E-state index contributed by atoms with van der Waals surface area (Å²) in [6.07, 6.45) is 1.50. The highest BCUT2D eigenvalue weighted by Gasteiger charge is 2.18. The summed E-state index contributed by atoms with van der Waals surface area (Å²) in [6.45, 7) is 4.58. The molecule has 0 radical (unpaired) electrons. The lowest BCUT2D eigenvalue weighted by molar-refractivity contribution is -0.136. The van der Waals surface area contributed by atoms with Gasteiger partial charge in [0.15, 0.2) is 0 Å². The van der Waals surface area contributed by atoms with Crippen molar-refractivity contribution in [2.24, 2.45) is 0 Å². The van der Waals surface area contributed by atoms with E-state index in [0.29, 0.717) is 11.6 Å². The minimum Gasteiger partial charge on any atom is -0.481 e. The van der Waals surface area contributed by atoms with E-state index in [2.05, 4.69) is 5.10 Å². The second-order valence-corrected chi connectivity index (χ2v) is 5.31. The molecule has 0 aliphatic rings. The number of rotatable bonds is 6. The van der Waals surface area contributed by atoms with E-state index in [4.69, 9.17) is 16.7 Å². The minimum absolute atomic E-state index is 0.0227. The second kappa shape index (κ2) is 6.76. The van der Waals surface area contributed by atoms with Gasteiger partial charge in [-0.3, -0.25) is 9.48 Å². The number of carbonyl (C=O) groups is 1. The maximum absolute atomic E-state index is 11.1. The summed E-state index contributed by atoms with van der Waals surface area (Å²) in [5.74, 6) is -0.823. The Bertz CT molecular complexity index is 650. The summed E-state index contributed by atoms with van der Waals surface area (Å²) in [7, 11) is 0. The molecule has 0 aliphatic heterocycles. The fourth-order valence-electron chi connectivity index (χ4n) is 2.54. The summed E-state index contributed by atoms with van der Waals surface area (Å²) in [4.78, 5) is 11.1. The maximum atomic E-state index is 11.1. The Labute approximate surface area is 129 Å². The standard InChI is InChI=1S/C16H19ClN2O2/c1-3-14-12(9-16(20)21)15(4-2)19(18-14)10-11-7-5-6-8-13(11)17/h5-8H,3-4,9-10H2,1-2H3,(H,20,21). The highest BCUT2D eigenvalue weighted by atomic mass is 35.5. The molecule has 0 spiro atoms. The zero-order valence-electron chi connectivity index (χ0n) is 12.3. The van der Waals surface area contributed by atoms with Crippen molar-refractivity contribution in [3.63, 3.8) is 0 Å². The summed E-state index contributed by atoms with van der Waals surface area (Å²) in [6, 6.07) is 7.65. The highest BCUT2D eigenvalue weighted by molar-refractivity contribution is 6.31. The monoisotopic (exact) mass is 306 g/mol. The van der Waals surface area contributed by atoms with Crippen molar-refractivity contribution in [2.75, 3.05) is 0 Å². The molecule has 0 atom stereocenters. The Kier molecular flexibility index (Phi) is 5.02. The molecule has 0 aliphatic carbocycles. The van der Waals surface area contributed by atoms with Crippen molar-refractivity contribution in [3.05, 3.63) is 51.8 Å². The SMILES string of the molecule is CCc1nn(Cc2ccccc2Cl)c(CC)c1CC(=O)O. The van der Waals surface area contributed by atoms with Gasteiger partial charge in [0.25, 0.3) is 0 Å². The molecule has 0 unspecified atom stereocenters. The van der Waals surface area contributed by atoms with Crippen molar-refractivity contribution < 1.29 is 9.90 Å². The molecule has 0 saturated carbocycles. The summed E-state index contributed by atoms with van der Waals surface area (Å²) < 4.78 is 1.89. The van der Waals surface area contributed by atoms with Crippen LogP contribution in [-0.4, -0.2) is 20.9 Å². The molecular weight excluding hydrogens is 288 g/mol. The minimum atomic E-state index is -0.823. The van der Waals surface area contributed by atoms with Gasteiger partial charge < -0.3 is 5.11 Å². The van der Waals surface area contributed by atoms with Gasteiger partial charge in [0.1, 0.15) is 0 Å². The van der Waals surface area contributed by atoms with Crippen LogP contribution in [0.15, 0.2) is 24.3 Å². The molecule has 21 heavy (non-hydrogen) atoms. The number of benzene rings is 1. The number of aryl methyl sites for hydroxylation is 1. The van der Waals surface area contributed by atoms with Crippen LogP contribution in [0.1, 0.15) is 36.4 Å². The van der Waals surface area contributed by atoms with E-state index >= 15 is 0 Å². The Hall–Kier alpha value is -1.81. The topological polar surface area (TPSA) is 55.1 Å². The second-order valence-electron chi connectivity index (χ2n) is 4.90. The van der Waals surface area contributed by atoms with Gasteiger partial charge in [-0.2, -0.15) is 5.10 Å². The van der Waals surface area contributed by atoms with Crippen LogP contribution in [-0.2, 0) is 30.6 Å². The smallest absolute Gasteiger partial charge is 0.307 e. The lowest BCUT2D eigenvalue weighted by atomic mass is 10.1. The predicted octanol–water partition coefficient (Wildman–Crippen LogP) is 3.34. The van der Waals surface area contributed by atoms with E-state index in [1.807, 2.05) is 42.8 Å². The van der Waals surface area contributed by atoms with Crippen molar-refractivity contribution in [1.82, 2.24) is 9.78 Å². The Morgan fingerprint density at radius 2 is 2.00 bits per heavy atom. The average Bonchev–Trinajstić information content (AvgIpc) is 2.77. The molecule has 0 fully saturated rings. The molecule has 1 heterocycles. The van der Waals surface area contributed by atoms with Gasteiger partial charge in [-0.15, -0.1) is 0 Å². The van der Waals surface area contributed by atoms with Gasteiger partial charge in [0, 0.05) is 16.3 Å². The molecule has 1 aromatic carbocycles. The van der Waals surface area contributed by atoms with E-state index < -0.39 is 5.97 Å². The Balaban J connectivity index is 2.42. The van der Waals surface area contributed by atoms with E-state index in [9.17, 15) is 4.79 Å². The third-order valence-electron chi connectivity index (χ3n) is 3.53. The fourth-order valence-corrected chi connectivity index (χ4v) is 2.74. The lowest BCUT2D eigenvalue weighted by Gasteiger charge is -2.08. The molecule has 0 bridgehead atoms. The van der Waals surface area contributed by atoms with E-state index in [0.717, 1.165) is 35.4 Å². The van der Waals surface area contributed by atoms with Crippen LogP contribution in [0.25, 0.3) is 0 Å². The fraction of sp³-hybridized carbons (Fsp3) is 0.375. The van der Waals surface area contributed by atoms with Crippen molar-refractivity contribution in [2.45, 2.75) is 39.7 Å². The van der Waals surface area contributed by atoms with Crippen molar-refractivity contribution in [3.8, 4) is 0 Å². The zero-order chi connectivity index (χ0) is 15.4. The van der Waals surface area contributed by atoms with Gasteiger partial charge in [-0.1, -0.05) is 43.6 Å². The van der Waals surface area contributed by atoms with Crippen LogP contribution < -0.4 is 0 Å². The summed E-state index contributed by atoms with van der Waals surface area (Å²) >= 11 is 6.20. The highest BCUT2D eigenvalue weighted by Crippen LogP contribution is 2.21. The molecule has 1 aromatic heterocycles. The first-order valence-corrected chi connectivity index (χ1v) is 7.47. The van der Waals surface area contributed by atoms with Crippen molar-refractivity contribution >= 4 is 17.6 Å². The first-order chi connectivity index (χ1) is 10.1. The number of nitrogens with zero attached hydrogens (tertiary/aromatic N) is 2. The lowest BCUT2D eigenvalue weighted by Crippen LogP contribution is -2.08. The number of aromatic nitrogens is 2. The van der Waals surface area contributed by atoms with Crippen LogP contribution in [0.3, 0.4) is 0 Å². The van der Waals surface area contributed by atoms with Crippen LogP contribution in [0, 0.1) is 0 Å². The number of carboxylic acids is 1. The normalized spacial score (nSPS) is 10.8. The summed E-state index contributed by atoms with van der Waals surface area (Å²) in [5, 5.41) is 14.4. The van der Waals surface area contributed by atoms with E-state index in [-0.39, 0.29) is 6.42 Å². The van der Waals surface area contributed by atoms with Gasteiger partial charge >= 0.3 is 5.97 Å². The molecule has 1 N–H and O–H groups in total. The Morgan fingerprint density at radius 3 is 2.57 bits per heavy atom. The van der Waals surface area contributed by atoms with E-state index in [1.165, 1.54) is 0 Å². The number of hydrogen-bond acceptors (Lipinski definition) is 2. The maximum Gasteiger partial charge on any atom is 0.307 e. The molecule has 0 saturated heterocycles. The van der Waals surface area contributed by atoms with Gasteiger partial charge in [0.05, 0.1) is 18.7 Å². The van der Waals surface area contributed by atoms with Gasteiger partial charge in [-0.05, 0) is 24.5 Å². The first kappa shape index (κ1) is 15.6. The molecule has 2 rings (SSSR count). The molecular formula is C16H19ClN2O2. The molecule has 5 heteroatoms. The predicted molar refractivity (Wildman–Crippen MR) is 82.9 cm³/mol. The Morgan fingerprint density at radius 1 is 1.29 bits per heavy atom. The molecule has 2 aromatic rings. The first-order valence-electron chi connectivity index (χ1n) is 7.09. The third kappa shape index (κ3) is 3.45. The average molecular weight is 307 g/mol. The van der Waals surface area contributed by atoms with Gasteiger partial charge in [0.2, 0.25) is 0 Å². The van der Waals surface area contributed by atoms with Crippen LogP contribution in [0.5, 0.6) is 0 Å². The van der Waals surface area contributed by atoms with Crippen LogP contribution in [0.2, 0.25) is 5.02 Å². The molecule has 112 valence electrons. The zero-order valence-corrected chi connectivity index (χ0v) is 13.0. The summed E-state index contributed by atoms with van der Waals surface area (Å²) in [5.41, 5.74) is 3.68. The molecule has 4 nitrogen and oxygen atoms in total. The van der Waals surface area contributed by atoms with Crippen molar-refractivity contribution in [1.29, 1.82) is 0 Å². The number of hydrogen-bond donors (Lipinski definition) is 1.